The summed E-state index contributed by atoms with van der Waals surface area (Å²) in [4.78, 5) is 16.6. The van der Waals surface area contributed by atoms with Crippen molar-refractivity contribution in [1.29, 1.82) is 0 Å². The fourth-order valence-corrected chi connectivity index (χ4v) is 2.48. The lowest BCUT2D eigenvalue weighted by molar-refractivity contribution is -0.132. The van der Waals surface area contributed by atoms with E-state index in [2.05, 4.69) is 31.1 Å². The SMILES string of the molecule is CCC1(C)NCN(CC(C)N(C)C2CC2)C1=O. The fourth-order valence-electron chi connectivity index (χ4n) is 2.48. The van der Waals surface area contributed by atoms with Crippen molar-refractivity contribution in [3.05, 3.63) is 0 Å². The highest BCUT2D eigenvalue weighted by Crippen LogP contribution is 2.28. The minimum Gasteiger partial charge on any atom is -0.327 e. The molecule has 4 heteroatoms. The molecule has 1 saturated heterocycles. The molecule has 0 spiro atoms. The van der Waals surface area contributed by atoms with Gasteiger partial charge in [0, 0.05) is 18.6 Å². The first kappa shape index (κ1) is 12.8. The van der Waals surface area contributed by atoms with E-state index < -0.39 is 0 Å². The van der Waals surface area contributed by atoms with Crippen molar-refractivity contribution in [2.75, 3.05) is 20.3 Å². The van der Waals surface area contributed by atoms with Crippen LogP contribution in [0.3, 0.4) is 0 Å². The summed E-state index contributed by atoms with van der Waals surface area (Å²) < 4.78 is 0. The molecule has 1 saturated carbocycles. The molecule has 98 valence electrons. The molecule has 2 aliphatic rings. The van der Waals surface area contributed by atoms with Gasteiger partial charge in [-0.2, -0.15) is 0 Å². The minimum absolute atomic E-state index is 0.260. The molecule has 17 heavy (non-hydrogen) atoms. The number of likely N-dealkylation sites (N-methyl/N-ethyl adjacent to an activating group) is 1. The van der Waals surface area contributed by atoms with Crippen molar-refractivity contribution in [3.63, 3.8) is 0 Å². The van der Waals surface area contributed by atoms with Crippen LogP contribution in [0.4, 0.5) is 0 Å². The van der Waals surface area contributed by atoms with Gasteiger partial charge < -0.3 is 4.90 Å². The first-order valence-corrected chi connectivity index (χ1v) is 6.74. The average molecular weight is 239 g/mol. The van der Waals surface area contributed by atoms with Crippen LogP contribution in [0.1, 0.15) is 40.0 Å². The Morgan fingerprint density at radius 1 is 1.59 bits per heavy atom. The largest absolute Gasteiger partial charge is 0.327 e. The minimum atomic E-state index is -0.335. The molecular weight excluding hydrogens is 214 g/mol. The average Bonchev–Trinajstić information content (AvgIpc) is 3.12. The third-order valence-corrected chi connectivity index (χ3v) is 4.43. The number of nitrogens with zero attached hydrogens (tertiary/aromatic N) is 2. The maximum absolute atomic E-state index is 12.2. The van der Waals surface area contributed by atoms with Crippen molar-refractivity contribution < 1.29 is 4.79 Å². The van der Waals surface area contributed by atoms with Gasteiger partial charge >= 0.3 is 0 Å². The Morgan fingerprint density at radius 2 is 2.24 bits per heavy atom. The van der Waals surface area contributed by atoms with Gasteiger partial charge in [0.1, 0.15) is 0 Å². The third-order valence-electron chi connectivity index (χ3n) is 4.43. The van der Waals surface area contributed by atoms with Crippen molar-refractivity contribution in [2.24, 2.45) is 0 Å². The van der Waals surface area contributed by atoms with Crippen molar-refractivity contribution >= 4 is 5.91 Å². The molecule has 0 aromatic rings. The zero-order valence-electron chi connectivity index (χ0n) is 11.5. The number of amides is 1. The van der Waals surface area contributed by atoms with Crippen molar-refractivity contribution in [1.82, 2.24) is 15.1 Å². The van der Waals surface area contributed by atoms with E-state index in [0.717, 1.165) is 19.0 Å². The summed E-state index contributed by atoms with van der Waals surface area (Å²) in [6.07, 6.45) is 3.49. The monoisotopic (exact) mass is 239 g/mol. The van der Waals surface area contributed by atoms with Gasteiger partial charge in [-0.15, -0.1) is 0 Å². The lowest BCUT2D eigenvalue weighted by Gasteiger charge is -2.29. The molecule has 4 nitrogen and oxygen atoms in total. The van der Waals surface area contributed by atoms with E-state index in [0.29, 0.717) is 12.7 Å². The van der Waals surface area contributed by atoms with Crippen LogP contribution < -0.4 is 5.32 Å². The predicted molar refractivity (Wildman–Crippen MR) is 68.7 cm³/mol. The lowest BCUT2D eigenvalue weighted by atomic mass is 9.99. The van der Waals surface area contributed by atoms with Crippen LogP contribution in [-0.4, -0.2) is 53.6 Å². The Morgan fingerprint density at radius 3 is 2.71 bits per heavy atom. The molecule has 0 radical (unpaired) electrons. The molecule has 0 bridgehead atoms. The maximum Gasteiger partial charge on any atom is 0.243 e. The number of carbonyl (C=O) groups excluding carboxylic acids is 1. The first-order chi connectivity index (χ1) is 7.98. The zero-order valence-corrected chi connectivity index (χ0v) is 11.5. The van der Waals surface area contributed by atoms with Gasteiger partial charge in [0.25, 0.3) is 0 Å². The van der Waals surface area contributed by atoms with Crippen molar-refractivity contribution in [2.45, 2.75) is 57.7 Å². The molecule has 2 unspecified atom stereocenters. The summed E-state index contributed by atoms with van der Waals surface area (Å²) in [7, 11) is 2.18. The van der Waals surface area contributed by atoms with Crippen LogP contribution in [0.15, 0.2) is 0 Å². The predicted octanol–water partition coefficient (Wildman–Crippen LogP) is 1.03. The highest BCUT2D eigenvalue weighted by Gasteiger charge is 2.41. The third kappa shape index (κ3) is 2.47. The van der Waals surface area contributed by atoms with Gasteiger partial charge in [0.15, 0.2) is 0 Å². The van der Waals surface area contributed by atoms with Gasteiger partial charge in [-0.05, 0) is 40.2 Å². The number of carbonyl (C=O) groups is 1. The molecule has 2 fully saturated rings. The molecule has 0 aromatic heterocycles. The van der Waals surface area contributed by atoms with Crippen LogP contribution in [0.2, 0.25) is 0 Å². The number of nitrogens with one attached hydrogen (secondary N) is 1. The smallest absolute Gasteiger partial charge is 0.243 e. The molecule has 1 N–H and O–H groups in total. The highest BCUT2D eigenvalue weighted by atomic mass is 16.2. The van der Waals surface area contributed by atoms with Crippen LogP contribution in [0, 0.1) is 0 Å². The Kier molecular flexibility index (Phi) is 3.46. The van der Waals surface area contributed by atoms with Crippen LogP contribution in [0.5, 0.6) is 0 Å². The second-order valence-corrected chi connectivity index (χ2v) is 5.79. The highest BCUT2D eigenvalue weighted by molar-refractivity contribution is 5.87. The Bertz CT molecular complexity index is 303. The van der Waals surface area contributed by atoms with Gasteiger partial charge in [-0.3, -0.25) is 15.0 Å². The van der Waals surface area contributed by atoms with Gasteiger partial charge in [0.2, 0.25) is 5.91 Å². The molecule has 0 aromatic carbocycles. The number of rotatable bonds is 5. The van der Waals surface area contributed by atoms with Gasteiger partial charge in [-0.25, -0.2) is 0 Å². The summed E-state index contributed by atoms with van der Waals surface area (Å²) in [5.74, 6) is 0.260. The van der Waals surface area contributed by atoms with E-state index in [1.807, 2.05) is 11.8 Å². The standard InChI is InChI=1S/C13H25N3O/c1-5-13(3)12(17)16(9-14-13)8-10(2)15(4)11-6-7-11/h10-11,14H,5-9H2,1-4H3. The summed E-state index contributed by atoms with van der Waals surface area (Å²) >= 11 is 0. The van der Waals surface area contributed by atoms with E-state index in [9.17, 15) is 4.79 Å². The second-order valence-electron chi connectivity index (χ2n) is 5.79. The maximum atomic E-state index is 12.2. The Hall–Kier alpha value is -0.610. The van der Waals surface area contributed by atoms with E-state index in [4.69, 9.17) is 0 Å². The second kappa shape index (κ2) is 4.58. The van der Waals surface area contributed by atoms with E-state index in [1.54, 1.807) is 0 Å². The normalized spacial score (nSPS) is 31.4. The van der Waals surface area contributed by atoms with Gasteiger partial charge in [-0.1, -0.05) is 6.92 Å². The summed E-state index contributed by atoms with van der Waals surface area (Å²) in [6, 6.07) is 1.21. The number of hydrogen-bond acceptors (Lipinski definition) is 3. The molecular formula is C13H25N3O. The molecule has 1 aliphatic carbocycles. The lowest BCUT2D eigenvalue weighted by Crippen LogP contribution is -2.46. The molecule has 2 atom stereocenters. The molecule has 1 aliphatic heterocycles. The van der Waals surface area contributed by atoms with E-state index in [-0.39, 0.29) is 11.4 Å². The molecule has 1 heterocycles. The summed E-state index contributed by atoms with van der Waals surface area (Å²) in [5.41, 5.74) is -0.335. The first-order valence-electron chi connectivity index (χ1n) is 6.74. The Labute approximate surface area is 104 Å². The van der Waals surface area contributed by atoms with E-state index in [1.165, 1.54) is 12.8 Å². The van der Waals surface area contributed by atoms with Crippen molar-refractivity contribution in [3.8, 4) is 0 Å². The summed E-state index contributed by atoms with van der Waals surface area (Å²) in [5, 5.41) is 3.33. The van der Waals surface area contributed by atoms with E-state index >= 15 is 0 Å². The fraction of sp³-hybridized carbons (Fsp3) is 0.923. The van der Waals surface area contributed by atoms with Gasteiger partial charge in [0.05, 0.1) is 12.2 Å². The van der Waals surface area contributed by atoms with Crippen LogP contribution in [-0.2, 0) is 4.79 Å². The number of hydrogen-bond donors (Lipinski definition) is 1. The molecule has 2 rings (SSSR count). The topological polar surface area (TPSA) is 35.6 Å². The Balaban J connectivity index is 1.89. The molecule has 1 amide bonds. The summed E-state index contributed by atoms with van der Waals surface area (Å²) in [6.45, 7) is 7.83. The van der Waals surface area contributed by atoms with Crippen LogP contribution in [0.25, 0.3) is 0 Å². The van der Waals surface area contributed by atoms with Crippen LogP contribution >= 0.6 is 0 Å². The quantitative estimate of drug-likeness (QED) is 0.778. The zero-order chi connectivity index (χ0) is 12.6.